The van der Waals surface area contributed by atoms with Gasteiger partial charge in [-0.1, -0.05) is 0 Å². The highest BCUT2D eigenvalue weighted by Gasteiger charge is 2.32. The molecule has 2 N–H and O–H groups in total. The molecule has 0 saturated heterocycles. The lowest BCUT2D eigenvalue weighted by Gasteiger charge is -2.12. The van der Waals surface area contributed by atoms with Crippen LogP contribution < -0.4 is 5.73 Å². The summed E-state index contributed by atoms with van der Waals surface area (Å²) in [5.74, 6) is -2.80. The smallest absolute Gasteiger partial charge is 0.163 e. The quantitative estimate of drug-likeness (QED) is 0.787. The fraction of sp³-hybridized carbons (Fsp3) is 0.400. The van der Waals surface area contributed by atoms with E-state index in [1.807, 2.05) is 0 Å². The molecule has 1 saturated carbocycles. The van der Waals surface area contributed by atoms with E-state index in [1.54, 1.807) is 0 Å². The Balaban J connectivity index is 0.00000112. The summed E-state index contributed by atoms with van der Waals surface area (Å²) in [7, 11) is 0. The van der Waals surface area contributed by atoms with E-state index in [2.05, 4.69) is 0 Å². The first kappa shape index (κ1) is 12.3. The van der Waals surface area contributed by atoms with Gasteiger partial charge in [-0.05, 0) is 24.8 Å². The van der Waals surface area contributed by atoms with E-state index in [0.29, 0.717) is 6.07 Å². The minimum atomic E-state index is -1.17. The summed E-state index contributed by atoms with van der Waals surface area (Å²) in [5.41, 5.74) is 5.61. The summed E-state index contributed by atoms with van der Waals surface area (Å²) in [4.78, 5) is 0. The molecule has 0 amide bonds. The number of hydrogen-bond acceptors (Lipinski definition) is 1. The monoisotopic (exact) mass is 237 g/mol. The lowest BCUT2D eigenvalue weighted by atomic mass is 10.0. The predicted octanol–water partition coefficient (Wildman–Crippen LogP) is 2.94. The number of hydrogen-bond donors (Lipinski definition) is 1. The first-order valence-electron chi connectivity index (χ1n) is 4.49. The molecule has 1 aromatic carbocycles. The summed E-state index contributed by atoms with van der Waals surface area (Å²) in [6.45, 7) is 0. The van der Waals surface area contributed by atoms with Crippen LogP contribution in [-0.2, 0) is 0 Å². The van der Waals surface area contributed by atoms with Gasteiger partial charge < -0.3 is 5.73 Å². The van der Waals surface area contributed by atoms with Crippen molar-refractivity contribution in [2.45, 2.75) is 18.9 Å². The molecule has 1 nitrogen and oxygen atoms in total. The second kappa shape index (κ2) is 4.41. The summed E-state index contributed by atoms with van der Waals surface area (Å²) in [6.07, 6.45) is 1.80. The fourth-order valence-electron chi connectivity index (χ4n) is 1.53. The van der Waals surface area contributed by atoms with Gasteiger partial charge in [0.1, 0.15) is 5.82 Å². The minimum absolute atomic E-state index is 0. The molecule has 0 unspecified atom stereocenters. The topological polar surface area (TPSA) is 26.0 Å². The van der Waals surface area contributed by atoms with Gasteiger partial charge in [0.25, 0.3) is 0 Å². The Morgan fingerprint density at radius 2 is 1.80 bits per heavy atom. The van der Waals surface area contributed by atoms with Crippen molar-refractivity contribution in [3.05, 3.63) is 35.1 Å². The normalized spacial score (nSPS) is 17.1. The highest BCUT2D eigenvalue weighted by atomic mass is 35.5. The Bertz CT molecular complexity index is 366. The Morgan fingerprint density at radius 3 is 2.33 bits per heavy atom. The lowest BCUT2D eigenvalue weighted by molar-refractivity contribution is 0.466. The second-order valence-electron chi connectivity index (χ2n) is 3.65. The van der Waals surface area contributed by atoms with Crippen LogP contribution >= 0.6 is 12.4 Å². The summed E-state index contributed by atoms with van der Waals surface area (Å²) in [5, 5.41) is 0. The third kappa shape index (κ3) is 2.44. The van der Waals surface area contributed by atoms with Crippen LogP contribution in [0.25, 0.3) is 0 Å². The van der Waals surface area contributed by atoms with Crippen LogP contribution in [0.3, 0.4) is 0 Å². The predicted molar refractivity (Wildman–Crippen MR) is 53.2 cm³/mol. The molecule has 0 aromatic heterocycles. The molecule has 1 aromatic rings. The third-order valence-electron chi connectivity index (χ3n) is 2.51. The molecule has 0 spiro atoms. The van der Waals surface area contributed by atoms with Crippen LogP contribution in [0.15, 0.2) is 12.1 Å². The van der Waals surface area contributed by atoms with Gasteiger partial charge in [0.15, 0.2) is 11.6 Å². The van der Waals surface area contributed by atoms with E-state index in [1.165, 1.54) is 0 Å². The van der Waals surface area contributed by atoms with Gasteiger partial charge in [-0.2, -0.15) is 0 Å². The molecule has 2 rings (SSSR count). The van der Waals surface area contributed by atoms with E-state index < -0.39 is 23.5 Å². The van der Waals surface area contributed by atoms with Gasteiger partial charge in [0, 0.05) is 17.7 Å². The van der Waals surface area contributed by atoms with Gasteiger partial charge in [-0.3, -0.25) is 0 Å². The van der Waals surface area contributed by atoms with Gasteiger partial charge in [-0.15, -0.1) is 12.4 Å². The van der Waals surface area contributed by atoms with Crippen LogP contribution in [-0.4, -0.2) is 0 Å². The molecule has 1 aliphatic carbocycles. The first-order valence-corrected chi connectivity index (χ1v) is 4.49. The molecule has 0 radical (unpaired) electrons. The molecule has 1 aliphatic rings. The maximum Gasteiger partial charge on any atom is 0.163 e. The molecular formula is C10H11ClF3N. The van der Waals surface area contributed by atoms with Gasteiger partial charge in [0.2, 0.25) is 0 Å². The Hall–Kier alpha value is -0.740. The van der Waals surface area contributed by atoms with Crippen molar-refractivity contribution in [3.8, 4) is 0 Å². The van der Waals surface area contributed by atoms with Gasteiger partial charge in [-0.25, -0.2) is 13.2 Å². The van der Waals surface area contributed by atoms with Gasteiger partial charge in [0.05, 0.1) is 0 Å². The van der Waals surface area contributed by atoms with Crippen molar-refractivity contribution in [3.63, 3.8) is 0 Å². The first-order chi connectivity index (χ1) is 6.59. The maximum absolute atomic E-state index is 13.2. The van der Waals surface area contributed by atoms with Crippen LogP contribution in [0.5, 0.6) is 0 Å². The van der Waals surface area contributed by atoms with Gasteiger partial charge >= 0.3 is 0 Å². The molecule has 0 aliphatic heterocycles. The molecule has 1 atom stereocenters. The minimum Gasteiger partial charge on any atom is -0.324 e. The van der Waals surface area contributed by atoms with Crippen molar-refractivity contribution in [1.29, 1.82) is 0 Å². The van der Waals surface area contributed by atoms with E-state index >= 15 is 0 Å². The zero-order chi connectivity index (χ0) is 10.3. The van der Waals surface area contributed by atoms with Crippen LogP contribution in [0.1, 0.15) is 24.4 Å². The van der Waals surface area contributed by atoms with Crippen LogP contribution in [0.4, 0.5) is 13.2 Å². The van der Waals surface area contributed by atoms with Crippen molar-refractivity contribution < 1.29 is 13.2 Å². The van der Waals surface area contributed by atoms with E-state index in [-0.39, 0.29) is 23.9 Å². The average Bonchev–Trinajstić information content (AvgIpc) is 2.93. The Labute approximate surface area is 91.9 Å². The summed E-state index contributed by atoms with van der Waals surface area (Å²) >= 11 is 0. The van der Waals surface area contributed by atoms with Crippen molar-refractivity contribution >= 4 is 12.4 Å². The Kier molecular flexibility index (Phi) is 3.62. The lowest BCUT2D eigenvalue weighted by Crippen LogP contribution is -2.15. The molecule has 84 valence electrons. The van der Waals surface area contributed by atoms with E-state index in [0.717, 1.165) is 18.9 Å². The van der Waals surface area contributed by atoms with Crippen LogP contribution in [0.2, 0.25) is 0 Å². The highest BCUT2D eigenvalue weighted by Crippen LogP contribution is 2.40. The van der Waals surface area contributed by atoms with Crippen LogP contribution in [0, 0.1) is 23.4 Å². The molecular weight excluding hydrogens is 227 g/mol. The van der Waals surface area contributed by atoms with Crippen molar-refractivity contribution in [2.24, 2.45) is 11.7 Å². The second-order valence-corrected chi connectivity index (χ2v) is 3.65. The van der Waals surface area contributed by atoms with Crippen molar-refractivity contribution in [1.82, 2.24) is 0 Å². The molecule has 1 fully saturated rings. The summed E-state index contributed by atoms with van der Waals surface area (Å²) in [6, 6.07) is 0.917. The zero-order valence-electron chi connectivity index (χ0n) is 7.84. The van der Waals surface area contributed by atoms with E-state index in [9.17, 15) is 13.2 Å². The fourth-order valence-corrected chi connectivity index (χ4v) is 1.53. The maximum atomic E-state index is 13.2. The SMILES string of the molecule is Cl.N[C@@H](c1cc(F)cc(F)c1F)C1CC1. The zero-order valence-corrected chi connectivity index (χ0v) is 8.66. The number of rotatable bonds is 2. The van der Waals surface area contributed by atoms with E-state index in [4.69, 9.17) is 5.73 Å². The Morgan fingerprint density at radius 1 is 1.20 bits per heavy atom. The molecule has 0 heterocycles. The summed E-state index contributed by atoms with van der Waals surface area (Å²) < 4.78 is 38.8. The largest absolute Gasteiger partial charge is 0.324 e. The standard InChI is InChI=1S/C10H10F3N.ClH/c11-6-3-7(9(13)8(12)4-6)10(14)5-1-2-5;/h3-5,10H,1-2,14H2;1H/t10-;/m1./s1. The third-order valence-corrected chi connectivity index (χ3v) is 2.51. The number of halogens is 4. The highest BCUT2D eigenvalue weighted by molar-refractivity contribution is 5.85. The molecule has 0 bridgehead atoms. The number of nitrogens with two attached hydrogens (primary N) is 1. The number of benzene rings is 1. The average molecular weight is 238 g/mol. The molecule has 5 heteroatoms. The van der Waals surface area contributed by atoms with Crippen molar-refractivity contribution in [2.75, 3.05) is 0 Å². The molecule has 15 heavy (non-hydrogen) atoms.